The lowest BCUT2D eigenvalue weighted by atomic mass is 9.92. The Hall–Kier alpha value is -3.70. The van der Waals surface area contributed by atoms with Crippen molar-refractivity contribution < 1.29 is 22.8 Å². The first-order valence-corrected chi connectivity index (χ1v) is 9.17. The Labute approximate surface area is 175 Å². The number of anilines is 2. The molecule has 0 atom stereocenters. The fraction of sp³-hybridized carbons (Fsp3) is 0.316. The highest BCUT2D eigenvalue weighted by Crippen LogP contribution is 2.25. The third-order valence-electron chi connectivity index (χ3n) is 4.02. The Morgan fingerprint density at radius 2 is 1.74 bits per heavy atom. The van der Waals surface area contributed by atoms with Gasteiger partial charge in [-0.2, -0.15) is 28.1 Å². The zero-order valence-electron chi connectivity index (χ0n) is 16.9. The third-order valence-corrected chi connectivity index (χ3v) is 4.02. The number of rotatable bonds is 4. The normalized spacial score (nSPS) is 11.9. The van der Waals surface area contributed by atoms with Gasteiger partial charge in [0.2, 0.25) is 0 Å². The number of hydrogen-bond donors (Lipinski definition) is 2. The molecule has 0 saturated heterocycles. The lowest BCUT2D eigenvalue weighted by molar-refractivity contribution is -0.142. The molecule has 3 aromatic rings. The van der Waals surface area contributed by atoms with E-state index in [0.29, 0.717) is 16.2 Å². The SMILES string of the molecule is CC(C)(C)c1cc(NC(=O)C(=O)Nc2ccn(CC(F)(F)F)n2)n(-c2ccccn2)n1. The second kappa shape index (κ2) is 8.20. The summed E-state index contributed by atoms with van der Waals surface area (Å²) in [6.45, 7) is 4.50. The number of alkyl halides is 3. The molecule has 2 N–H and O–H groups in total. The molecule has 0 bridgehead atoms. The summed E-state index contributed by atoms with van der Waals surface area (Å²) in [5, 5.41) is 12.7. The van der Waals surface area contributed by atoms with E-state index in [1.165, 1.54) is 4.68 Å². The topological polar surface area (TPSA) is 107 Å². The van der Waals surface area contributed by atoms with Crippen molar-refractivity contribution >= 4 is 23.5 Å². The third kappa shape index (κ3) is 5.68. The molecular weight excluding hydrogens is 415 g/mol. The van der Waals surface area contributed by atoms with E-state index < -0.39 is 24.5 Å². The first-order valence-electron chi connectivity index (χ1n) is 9.17. The van der Waals surface area contributed by atoms with Crippen LogP contribution in [0.5, 0.6) is 0 Å². The van der Waals surface area contributed by atoms with Gasteiger partial charge in [0.15, 0.2) is 11.6 Å². The Bertz CT molecular complexity index is 1080. The van der Waals surface area contributed by atoms with Crippen LogP contribution >= 0.6 is 0 Å². The van der Waals surface area contributed by atoms with Gasteiger partial charge < -0.3 is 10.6 Å². The molecule has 164 valence electrons. The molecule has 31 heavy (non-hydrogen) atoms. The van der Waals surface area contributed by atoms with E-state index in [-0.39, 0.29) is 17.1 Å². The standard InChI is InChI=1S/C19H20F3N7O2/c1-18(2,3)12-10-15(29(26-12)14-6-4-5-8-23-14)25-17(31)16(30)24-13-7-9-28(27-13)11-19(20,21)22/h4-10H,11H2,1-3H3,(H,25,31)(H,24,27,30). The highest BCUT2D eigenvalue weighted by Gasteiger charge is 2.29. The quantitative estimate of drug-likeness (QED) is 0.613. The van der Waals surface area contributed by atoms with Gasteiger partial charge in [-0.25, -0.2) is 4.98 Å². The molecule has 3 heterocycles. The largest absolute Gasteiger partial charge is 0.408 e. The van der Waals surface area contributed by atoms with Crippen molar-refractivity contribution in [3.63, 3.8) is 0 Å². The number of amides is 2. The maximum absolute atomic E-state index is 12.4. The van der Waals surface area contributed by atoms with Crippen LogP contribution in [0.4, 0.5) is 24.8 Å². The van der Waals surface area contributed by atoms with Crippen LogP contribution in [-0.2, 0) is 21.5 Å². The number of halogens is 3. The summed E-state index contributed by atoms with van der Waals surface area (Å²) in [4.78, 5) is 28.8. The Kier molecular flexibility index (Phi) is 5.82. The Morgan fingerprint density at radius 3 is 2.35 bits per heavy atom. The van der Waals surface area contributed by atoms with E-state index in [9.17, 15) is 22.8 Å². The minimum atomic E-state index is -4.46. The maximum Gasteiger partial charge on any atom is 0.408 e. The lowest BCUT2D eigenvalue weighted by Crippen LogP contribution is -2.30. The monoisotopic (exact) mass is 435 g/mol. The Morgan fingerprint density at radius 1 is 1.03 bits per heavy atom. The first kappa shape index (κ1) is 22.0. The van der Waals surface area contributed by atoms with Gasteiger partial charge in [0, 0.05) is 29.9 Å². The molecule has 2 amide bonds. The van der Waals surface area contributed by atoms with Crippen molar-refractivity contribution in [3.05, 3.63) is 48.4 Å². The van der Waals surface area contributed by atoms with Gasteiger partial charge in [0.05, 0.1) is 5.69 Å². The minimum Gasteiger partial charge on any atom is -0.302 e. The summed E-state index contributed by atoms with van der Waals surface area (Å²) >= 11 is 0. The number of hydrogen-bond acceptors (Lipinski definition) is 5. The maximum atomic E-state index is 12.4. The van der Waals surface area contributed by atoms with Crippen molar-refractivity contribution in [2.75, 3.05) is 10.6 Å². The summed E-state index contributed by atoms with van der Waals surface area (Å²) in [6, 6.07) is 7.94. The van der Waals surface area contributed by atoms with Gasteiger partial charge in [0.25, 0.3) is 0 Å². The lowest BCUT2D eigenvalue weighted by Gasteiger charge is -2.13. The van der Waals surface area contributed by atoms with E-state index in [1.54, 1.807) is 30.5 Å². The predicted octanol–water partition coefficient (Wildman–Crippen LogP) is 2.90. The van der Waals surface area contributed by atoms with Crippen LogP contribution in [0.3, 0.4) is 0 Å². The molecule has 0 spiro atoms. The summed E-state index contributed by atoms with van der Waals surface area (Å²) in [5.41, 5.74) is 0.312. The van der Waals surface area contributed by atoms with Crippen molar-refractivity contribution in [2.45, 2.75) is 38.9 Å². The summed E-state index contributed by atoms with van der Waals surface area (Å²) in [7, 11) is 0. The number of nitrogens with zero attached hydrogens (tertiary/aromatic N) is 5. The van der Waals surface area contributed by atoms with Gasteiger partial charge in [-0.15, -0.1) is 0 Å². The van der Waals surface area contributed by atoms with Gasteiger partial charge in [-0.05, 0) is 12.1 Å². The second-order valence-corrected chi connectivity index (χ2v) is 7.69. The average molecular weight is 435 g/mol. The van der Waals surface area contributed by atoms with Crippen molar-refractivity contribution in [1.82, 2.24) is 24.5 Å². The van der Waals surface area contributed by atoms with Gasteiger partial charge in [-0.1, -0.05) is 26.8 Å². The summed E-state index contributed by atoms with van der Waals surface area (Å²) in [6.07, 6.45) is -1.85. The fourth-order valence-electron chi connectivity index (χ4n) is 2.54. The van der Waals surface area contributed by atoms with E-state index >= 15 is 0 Å². The van der Waals surface area contributed by atoms with Gasteiger partial charge in [0.1, 0.15) is 12.4 Å². The van der Waals surface area contributed by atoms with Crippen LogP contribution in [0.25, 0.3) is 5.82 Å². The molecule has 0 aliphatic heterocycles. The molecule has 3 aromatic heterocycles. The average Bonchev–Trinajstić information content (AvgIpc) is 3.27. The van der Waals surface area contributed by atoms with E-state index in [4.69, 9.17) is 0 Å². The molecule has 12 heteroatoms. The zero-order chi connectivity index (χ0) is 22.8. The highest BCUT2D eigenvalue weighted by atomic mass is 19.4. The van der Waals surface area contributed by atoms with Gasteiger partial charge >= 0.3 is 18.0 Å². The summed E-state index contributed by atoms with van der Waals surface area (Å²) < 4.78 is 39.3. The number of aromatic nitrogens is 5. The molecule has 0 fully saturated rings. The number of carbonyl (C=O) groups is 2. The summed E-state index contributed by atoms with van der Waals surface area (Å²) in [5.74, 6) is -1.67. The highest BCUT2D eigenvalue weighted by molar-refractivity contribution is 6.43. The molecule has 0 radical (unpaired) electrons. The zero-order valence-corrected chi connectivity index (χ0v) is 16.9. The molecular formula is C19H20F3N7O2. The van der Waals surface area contributed by atoms with Crippen LogP contribution in [0, 0.1) is 0 Å². The molecule has 0 saturated carbocycles. The van der Waals surface area contributed by atoms with E-state index in [0.717, 1.165) is 12.3 Å². The smallest absolute Gasteiger partial charge is 0.302 e. The Balaban J connectivity index is 1.76. The minimum absolute atomic E-state index is 0.182. The molecule has 0 aliphatic carbocycles. The second-order valence-electron chi connectivity index (χ2n) is 7.69. The number of pyridine rings is 1. The van der Waals surface area contributed by atoms with Crippen LogP contribution in [-0.4, -0.2) is 42.5 Å². The predicted molar refractivity (Wildman–Crippen MR) is 106 cm³/mol. The van der Waals surface area contributed by atoms with Crippen molar-refractivity contribution in [3.8, 4) is 5.82 Å². The van der Waals surface area contributed by atoms with Crippen LogP contribution in [0.15, 0.2) is 42.7 Å². The fourth-order valence-corrected chi connectivity index (χ4v) is 2.54. The molecule has 0 aliphatic rings. The van der Waals surface area contributed by atoms with Crippen molar-refractivity contribution in [2.24, 2.45) is 0 Å². The molecule has 9 nitrogen and oxygen atoms in total. The van der Waals surface area contributed by atoms with E-state index in [1.807, 2.05) is 20.8 Å². The molecule has 0 unspecified atom stereocenters. The molecule has 0 aromatic carbocycles. The van der Waals surface area contributed by atoms with Crippen LogP contribution in [0.2, 0.25) is 0 Å². The van der Waals surface area contributed by atoms with Crippen molar-refractivity contribution in [1.29, 1.82) is 0 Å². The number of carbonyl (C=O) groups excluding carboxylic acids is 2. The van der Waals surface area contributed by atoms with Gasteiger partial charge in [-0.3, -0.25) is 14.3 Å². The first-order chi connectivity index (χ1) is 14.4. The van der Waals surface area contributed by atoms with Crippen LogP contribution < -0.4 is 10.6 Å². The van der Waals surface area contributed by atoms with Crippen LogP contribution in [0.1, 0.15) is 26.5 Å². The van der Waals surface area contributed by atoms with E-state index in [2.05, 4.69) is 25.8 Å². The molecule has 3 rings (SSSR count). The number of nitrogens with one attached hydrogen (secondary N) is 2.